The minimum absolute atomic E-state index is 0.153. The summed E-state index contributed by atoms with van der Waals surface area (Å²) < 4.78 is 26.6. The molecule has 1 aromatic heterocycles. The van der Waals surface area contributed by atoms with E-state index in [0.29, 0.717) is 0 Å². The fourth-order valence-corrected chi connectivity index (χ4v) is 1.71. The monoisotopic (exact) mass is 212 g/mol. The van der Waals surface area contributed by atoms with Gasteiger partial charge < -0.3 is 23.4 Å². The molecule has 1 aromatic rings. The number of hydrogen-bond donors (Lipinski definition) is 0. The molecule has 0 N–H and O–H groups in total. The topological polar surface area (TPSA) is 50.1 Å². The molecule has 0 atom stereocenters. The van der Waals surface area contributed by atoms with Gasteiger partial charge >= 0.3 is 0 Å². The molecule has 3 rings (SSSR count). The van der Waals surface area contributed by atoms with E-state index in [-0.39, 0.29) is 25.2 Å². The van der Waals surface area contributed by atoms with E-state index in [2.05, 4.69) is 0 Å². The molecule has 3 heterocycles. The third kappa shape index (κ3) is 1.48. The summed E-state index contributed by atoms with van der Waals surface area (Å²) in [4.78, 5) is 0. The summed E-state index contributed by atoms with van der Waals surface area (Å²) in [5.41, 5.74) is 1.68. The van der Waals surface area contributed by atoms with Gasteiger partial charge in [-0.3, -0.25) is 0 Å². The summed E-state index contributed by atoms with van der Waals surface area (Å²) in [5, 5.41) is 0. The Hall–Kier alpha value is -0.880. The second-order valence-corrected chi connectivity index (χ2v) is 3.63. The van der Waals surface area contributed by atoms with Crippen molar-refractivity contribution in [3.8, 4) is 0 Å². The molecule has 0 radical (unpaired) electrons. The van der Waals surface area contributed by atoms with Crippen LogP contribution in [-0.2, 0) is 18.9 Å². The third-order valence-electron chi connectivity index (χ3n) is 2.49. The second-order valence-electron chi connectivity index (χ2n) is 3.63. The van der Waals surface area contributed by atoms with Gasteiger partial charge in [-0.25, -0.2) is 0 Å². The highest BCUT2D eigenvalue weighted by molar-refractivity contribution is 5.25. The molecule has 5 nitrogen and oxygen atoms in total. The first-order chi connectivity index (χ1) is 7.24. The van der Waals surface area contributed by atoms with Crippen LogP contribution < -0.4 is 0 Å². The predicted molar refractivity (Wildman–Crippen MR) is 47.5 cm³/mol. The van der Waals surface area contributed by atoms with Crippen molar-refractivity contribution in [3.05, 3.63) is 23.7 Å². The summed E-state index contributed by atoms with van der Waals surface area (Å²) in [5.74, 6) is 0. The molecule has 0 bridgehead atoms. The van der Waals surface area contributed by atoms with Crippen molar-refractivity contribution in [2.45, 2.75) is 39.0 Å². The van der Waals surface area contributed by atoms with Crippen molar-refractivity contribution in [2.75, 3.05) is 0 Å². The molecule has 0 spiro atoms. The molecule has 82 valence electrons. The van der Waals surface area contributed by atoms with Crippen LogP contribution in [0.15, 0.2) is 16.9 Å². The Morgan fingerprint density at radius 2 is 1.20 bits per heavy atom. The molecule has 0 aliphatic carbocycles. The highest BCUT2D eigenvalue weighted by Crippen LogP contribution is 2.40. The largest absolute Gasteiger partial charge is 0.472 e. The molecule has 0 saturated carbocycles. The van der Waals surface area contributed by atoms with Gasteiger partial charge in [0.15, 0.2) is 25.2 Å². The normalized spacial score (nSPS) is 39.6. The summed E-state index contributed by atoms with van der Waals surface area (Å²) in [6, 6.07) is 0. The Bertz CT molecular complexity index is 316. The molecule has 2 aliphatic rings. The molecule has 15 heavy (non-hydrogen) atoms. The first-order valence-corrected chi connectivity index (χ1v) is 4.92. The van der Waals surface area contributed by atoms with Gasteiger partial charge in [-0.15, -0.1) is 0 Å². The van der Waals surface area contributed by atoms with Crippen molar-refractivity contribution in [3.63, 3.8) is 0 Å². The highest BCUT2D eigenvalue weighted by atomic mass is 16.9. The van der Waals surface area contributed by atoms with Crippen molar-refractivity contribution in [2.24, 2.45) is 0 Å². The van der Waals surface area contributed by atoms with Crippen LogP contribution in [0.25, 0.3) is 0 Å². The number of furan rings is 1. The summed E-state index contributed by atoms with van der Waals surface area (Å²) in [6.45, 7) is 3.68. The van der Waals surface area contributed by atoms with E-state index in [9.17, 15) is 0 Å². The van der Waals surface area contributed by atoms with Gasteiger partial charge in [0.1, 0.15) is 0 Å². The fraction of sp³-hybridized carbons (Fsp3) is 0.600. The van der Waals surface area contributed by atoms with Crippen LogP contribution in [0.1, 0.15) is 37.6 Å². The Balaban J connectivity index is 1.75. The van der Waals surface area contributed by atoms with Crippen molar-refractivity contribution in [1.29, 1.82) is 0 Å². The molecule has 0 unspecified atom stereocenters. The molecule has 0 aromatic carbocycles. The van der Waals surface area contributed by atoms with Crippen LogP contribution in [0.3, 0.4) is 0 Å². The Labute approximate surface area is 86.9 Å². The van der Waals surface area contributed by atoms with Gasteiger partial charge in [0, 0.05) is 0 Å². The smallest absolute Gasteiger partial charge is 0.193 e. The van der Waals surface area contributed by atoms with E-state index < -0.39 is 0 Å². The first-order valence-electron chi connectivity index (χ1n) is 4.92. The zero-order valence-electron chi connectivity index (χ0n) is 8.51. The van der Waals surface area contributed by atoms with E-state index in [1.54, 1.807) is 12.5 Å². The number of ether oxygens (including phenoxy) is 4. The molecule has 2 saturated heterocycles. The molecule has 5 heteroatoms. The van der Waals surface area contributed by atoms with Crippen LogP contribution in [0.2, 0.25) is 0 Å². The molecule has 2 fully saturated rings. The van der Waals surface area contributed by atoms with Crippen LogP contribution in [0.5, 0.6) is 0 Å². The van der Waals surface area contributed by atoms with Gasteiger partial charge in [-0.05, 0) is 13.8 Å². The van der Waals surface area contributed by atoms with Gasteiger partial charge in [0.05, 0.1) is 23.7 Å². The van der Waals surface area contributed by atoms with Crippen molar-refractivity contribution in [1.82, 2.24) is 0 Å². The lowest BCUT2D eigenvalue weighted by molar-refractivity contribution is -0.393. The van der Waals surface area contributed by atoms with E-state index in [1.165, 1.54) is 0 Å². The Morgan fingerprint density at radius 3 is 1.53 bits per heavy atom. The summed E-state index contributed by atoms with van der Waals surface area (Å²) >= 11 is 0. The lowest BCUT2D eigenvalue weighted by atomic mass is 10.1. The van der Waals surface area contributed by atoms with Crippen LogP contribution in [-0.4, -0.2) is 12.6 Å². The van der Waals surface area contributed by atoms with E-state index in [1.807, 2.05) is 13.8 Å². The van der Waals surface area contributed by atoms with E-state index >= 15 is 0 Å². The van der Waals surface area contributed by atoms with Crippen LogP contribution in [0, 0.1) is 0 Å². The highest BCUT2D eigenvalue weighted by Gasteiger charge is 2.37. The van der Waals surface area contributed by atoms with Gasteiger partial charge in [-0.1, -0.05) is 0 Å². The quantitative estimate of drug-likeness (QED) is 0.751. The average molecular weight is 212 g/mol. The summed E-state index contributed by atoms with van der Waals surface area (Å²) in [6.07, 6.45) is 2.19. The SMILES string of the molecule is CC1OC(c2cocc2C2OC(C)O2)O1. The minimum Gasteiger partial charge on any atom is -0.472 e. The van der Waals surface area contributed by atoms with Gasteiger partial charge in [-0.2, -0.15) is 0 Å². The average Bonchev–Trinajstić information content (AvgIpc) is 2.55. The van der Waals surface area contributed by atoms with Crippen LogP contribution in [0.4, 0.5) is 0 Å². The predicted octanol–water partition coefficient (Wildman–Crippen LogP) is 2.06. The first kappa shape index (κ1) is 9.35. The fourth-order valence-electron chi connectivity index (χ4n) is 1.71. The van der Waals surface area contributed by atoms with Crippen LogP contribution >= 0.6 is 0 Å². The molecule has 0 amide bonds. The minimum atomic E-state index is -0.350. The maximum absolute atomic E-state index is 5.38. The standard InChI is InChI=1S/C10H12O5/c1-5-12-9(13-5)7-3-11-4-8(7)10-14-6(2)15-10/h3-6,9-10H,1-2H3. The molecule has 2 aliphatic heterocycles. The maximum atomic E-state index is 5.38. The third-order valence-corrected chi connectivity index (χ3v) is 2.49. The lowest BCUT2D eigenvalue weighted by Crippen LogP contribution is -2.35. The lowest BCUT2D eigenvalue weighted by Gasteiger charge is -2.37. The summed E-state index contributed by atoms with van der Waals surface area (Å²) in [7, 11) is 0. The zero-order chi connectivity index (χ0) is 10.4. The van der Waals surface area contributed by atoms with Gasteiger partial charge in [0.2, 0.25) is 0 Å². The van der Waals surface area contributed by atoms with Crippen molar-refractivity contribution >= 4 is 0 Å². The number of hydrogen-bond acceptors (Lipinski definition) is 5. The van der Waals surface area contributed by atoms with Gasteiger partial charge in [0.25, 0.3) is 0 Å². The maximum Gasteiger partial charge on any atom is 0.193 e. The number of rotatable bonds is 2. The van der Waals surface area contributed by atoms with Crippen molar-refractivity contribution < 1.29 is 23.4 Å². The Kier molecular flexibility index (Phi) is 2.07. The van der Waals surface area contributed by atoms with E-state index in [4.69, 9.17) is 23.4 Å². The molecular formula is C10H12O5. The Morgan fingerprint density at radius 1 is 0.800 bits per heavy atom. The van der Waals surface area contributed by atoms with E-state index in [0.717, 1.165) is 11.1 Å². The second kappa shape index (κ2) is 3.31. The zero-order valence-corrected chi connectivity index (χ0v) is 8.51. The molecular weight excluding hydrogens is 200 g/mol.